The molecule has 62 heavy (non-hydrogen) atoms. The molecule has 0 radical (unpaired) electrons. The molecule has 0 unspecified atom stereocenters. The number of rotatable bonds is 5. The standard InChI is InChI=1S/C53H27F3N6/c1-59-45-15-7-3-11-38(45)32-19-22-42-40-13-5-9-17-47(40)61(50(42)26-32)49-29-44(37-24-21-36(53(54,55)56)25-34(37)30-57)52(28-35(49)31-58)62-48-18-10-6-14-41(48)43-23-20-33(27-51(43)62)39-12-4-8-16-46(39)60-2/h3-29H. The summed E-state index contributed by atoms with van der Waals surface area (Å²) in [6, 6.07) is 53.3. The van der Waals surface area contributed by atoms with E-state index in [0.717, 1.165) is 78.0 Å². The Morgan fingerprint density at radius 2 is 0.919 bits per heavy atom. The number of hydrogen-bond donors (Lipinski definition) is 0. The highest BCUT2D eigenvalue weighted by molar-refractivity contribution is 6.12. The van der Waals surface area contributed by atoms with Crippen LogP contribution in [-0.2, 0) is 6.18 Å². The first-order valence-electron chi connectivity index (χ1n) is 19.4. The van der Waals surface area contributed by atoms with Crippen molar-refractivity contribution in [3.8, 4) is 56.9 Å². The number of aromatic nitrogens is 2. The van der Waals surface area contributed by atoms with Crippen LogP contribution in [0.4, 0.5) is 24.5 Å². The zero-order valence-electron chi connectivity index (χ0n) is 32.4. The van der Waals surface area contributed by atoms with Gasteiger partial charge in [-0.05, 0) is 70.8 Å². The lowest BCUT2D eigenvalue weighted by atomic mass is 9.94. The zero-order valence-corrected chi connectivity index (χ0v) is 32.4. The molecule has 0 amide bonds. The number of halogens is 3. The van der Waals surface area contributed by atoms with E-state index in [1.54, 1.807) is 24.3 Å². The lowest BCUT2D eigenvalue weighted by Crippen LogP contribution is -2.07. The number of benzene rings is 8. The summed E-state index contributed by atoms with van der Waals surface area (Å²) in [4.78, 5) is 7.52. The quantitative estimate of drug-likeness (QED) is 0.163. The maximum Gasteiger partial charge on any atom is 0.416 e. The molecule has 9 heteroatoms. The van der Waals surface area contributed by atoms with Crippen LogP contribution in [0.3, 0.4) is 0 Å². The van der Waals surface area contributed by atoms with E-state index in [4.69, 9.17) is 13.1 Å². The summed E-state index contributed by atoms with van der Waals surface area (Å²) in [5, 5.41) is 25.2. The van der Waals surface area contributed by atoms with Crippen molar-refractivity contribution in [2.24, 2.45) is 0 Å². The van der Waals surface area contributed by atoms with Gasteiger partial charge in [-0.25, -0.2) is 9.69 Å². The zero-order chi connectivity index (χ0) is 42.7. The molecule has 0 aliphatic rings. The maximum absolute atomic E-state index is 14.2. The first-order chi connectivity index (χ1) is 30.2. The van der Waals surface area contributed by atoms with Crippen LogP contribution in [0, 0.1) is 35.8 Å². The van der Waals surface area contributed by atoms with Gasteiger partial charge in [-0.2, -0.15) is 23.7 Å². The molecule has 0 saturated carbocycles. The second-order valence-corrected chi connectivity index (χ2v) is 14.8. The van der Waals surface area contributed by atoms with Crippen LogP contribution in [0.2, 0.25) is 0 Å². The molecule has 6 nitrogen and oxygen atoms in total. The summed E-state index contributed by atoms with van der Waals surface area (Å²) in [5.74, 6) is 0. The van der Waals surface area contributed by atoms with Gasteiger partial charge in [0.1, 0.15) is 6.07 Å². The number of nitrogens with zero attached hydrogens (tertiary/aromatic N) is 6. The Balaban J connectivity index is 1.34. The average molecular weight is 805 g/mol. The van der Waals surface area contributed by atoms with Crippen LogP contribution >= 0.6 is 0 Å². The molecule has 0 bridgehead atoms. The van der Waals surface area contributed by atoms with Crippen molar-refractivity contribution in [3.05, 3.63) is 203 Å². The van der Waals surface area contributed by atoms with Gasteiger partial charge in [0.15, 0.2) is 11.4 Å². The van der Waals surface area contributed by atoms with Gasteiger partial charge in [0.2, 0.25) is 0 Å². The van der Waals surface area contributed by atoms with Gasteiger partial charge >= 0.3 is 6.18 Å². The maximum atomic E-state index is 14.2. The lowest BCUT2D eigenvalue weighted by Gasteiger charge is -2.20. The van der Waals surface area contributed by atoms with Crippen molar-refractivity contribution in [2.75, 3.05) is 0 Å². The molecule has 0 spiro atoms. The molecule has 0 N–H and O–H groups in total. The second kappa shape index (κ2) is 14.4. The molecule has 290 valence electrons. The van der Waals surface area contributed by atoms with Crippen LogP contribution in [0.1, 0.15) is 16.7 Å². The topological polar surface area (TPSA) is 66.2 Å². The Labute approximate surface area is 353 Å². The van der Waals surface area contributed by atoms with Gasteiger partial charge < -0.3 is 9.13 Å². The summed E-state index contributed by atoms with van der Waals surface area (Å²) in [6.07, 6.45) is -4.69. The number of nitriles is 2. The van der Waals surface area contributed by atoms with E-state index in [1.165, 1.54) is 6.07 Å². The summed E-state index contributed by atoms with van der Waals surface area (Å²) in [5.41, 5.74) is 7.71. The monoisotopic (exact) mass is 804 g/mol. The van der Waals surface area contributed by atoms with Crippen molar-refractivity contribution in [3.63, 3.8) is 0 Å². The molecule has 2 aromatic heterocycles. The molecule has 0 fully saturated rings. The van der Waals surface area contributed by atoms with Crippen molar-refractivity contribution in [1.29, 1.82) is 10.5 Å². The number of hydrogen-bond acceptors (Lipinski definition) is 2. The molecule has 0 aliphatic carbocycles. The average Bonchev–Trinajstić information content (AvgIpc) is 3.82. The van der Waals surface area contributed by atoms with E-state index < -0.39 is 11.7 Å². The molecule has 10 aromatic rings. The van der Waals surface area contributed by atoms with Crippen molar-refractivity contribution in [2.45, 2.75) is 6.18 Å². The van der Waals surface area contributed by atoms with Crippen LogP contribution < -0.4 is 0 Å². The lowest BCUT2D eigenvalue weighted by molar-refractivity contribution is -0.137. The molecule has 8 aromatic carbocycles. The van der Waals surface area contributed by atoms with E-state index in [0.29, 0.717) is 28.3 Å². The van der Waals surface area contributed by atoms with Crippen molar-refractivity contribution >= 4 is 55.0 Å². The van der Waals surface area contributed by atoms with E-state index in [9.17, 15) is 23.7 Å². The van der Waals surface area contributed by atoms with E-state index >= 15 is 0 Å². The molecule has 0 aliphatic heterocycles. The first kappa shape index (κ1) is 37.4. The molecule has 0 saturated heterocycles. The van der Waals surface area contributed by atoms with E-state index in [-0.39, 0.29) is 16.7 Å². The Kier molecular flexibility index (Phi) is 8.70. The smallest absolute Gasteiger partial charge is 0.309 e. The van der Waals surface area contributed by atoms with Crippen molar-refractivity contribution < 1.29 is 13.2 Å². The molecule has 2 heterocycles. The highest BCUT2D eigenvalue weighted by atomic mass is 19.4. The predicted molar refractivity (Wildman–Crippen MR) is 238 cm³/mol. The minimum atomic E-state index is -4.69. The largest absolute Gasteiger partial charge is 0.416 e. The van der Waals surface area contributed by atoms with Crippen LogP contribution in [0.5, 0.6) is 0 Å². The Morgan fingerprint density at radius 1 is 0.435 bits per heavy atom. The van der Waals surface area contributed by atoms with Gasteiger partial charge in [0.25, 0.3) is 0 Å². The Bertz CT molecular complexity index is 3690. The third-order valence-electron chi connectivity index (χ3n) is 11.5. The third-order valence-corrected chi connectivity index (χ3v) is 11.5. The molecule has 10 rings (SSSR count). The number of fused-ring (bicyclic) bond motifs is 6. The van der Waals surface area contributed by atoms with E-state index in [2.05, 4.69) is 15.8 Å². The van der Waals surface area contributed by atoms with Crippen LogP contribution in [0.25, 0.3) is 98.1 Å². The Hall–Kier alpha value is -8.89. The Morgan fingerprint density at radius 3 is 1.44 bits per heavy atom. The summed E-state index contributed by atoms with van der Waals surface area (Å²) in [7, 11) is 0. The van der Waals surface area contributed by atoms with Crippen molar-refractivity contribution in [1.82, 2.24) is 9.13 Å². The highest BCUT2D eigenvalue weighted by Crippen LogP contribution is 2.44. The van der Waals surface area contributed by atoms with Crippen LogP contribution in [-0.4, -0.2) is 9.13 Å². The first-order valence-corrected chi connectivity index (χ1v) is 19.4. The SMILES string of the molecule is [C-]#[N+]c1ccccc1-c1ccc2c3ccccc3n(-c3cc(-c4ccc(C(F)(F)F)cc4C#N)c(-n4c5ccccc5c5ccc(-c6ccccc6[N+]#[C-])cc54)cc3C#N)c2c1. The van der Waals surface area contributed by atoms with Gasteiger partial charge in [-0.15, -0.1) is 0 Å². The third kappa shape index (κ3) is 5.85. The fourth-order valence-corrected chi connectivity index (χ4v) is 8.73. The fraction of sp³-hybridized carbons (Fsp3) is 0.0189. The van der Waals surface area contributed by atoms with Crippen LogP contribution in [0.15, 0.2) is 164 Å². The summed E-state index contributed by atoms with van der Waals surface area (Å²) < 4.78 is 46.5. The summed E-state index contributed by atoms with van der Waals surface area (Å²) >= 11 is 0. The normalized spacial score (nSPS) is 11.4. The number of alkyl halides is 3. The van der Waals surface area contributed by atoms with Gasteiger partial charge in [-0.3, -0.25) is 0 Å². The van der Waals surface area contributed by atoms with Gasteiger partial charge in [-0.1, -0.05) is 115 Å². The molecule has 0 atom stereocenters. The predicted octanol–water partition coefficient (Wildman–Crippen LogP) is 14.7. The highest BCUT2D eigenvalue weighted by Gasteiger charge is 2.32. The molecular formula is C53H27F3N6. The second-order valence-electron chi connectivity index (χ2n) is 14.8. The van der Waals surface area contributed by atoms with Gasteiger partial charge in [0.05, 0.1) is 69.3 Å². The van der Waals surface area contributed by atoms with E-state index in [1.807, 2.05) is 137 Å². The minimum absolute atomic E-state index is 0.190. The number of para-hydroxylation sites is 4. The minimum Gasteiger partial charge on any atom is -0.309 e. The molecular weight excluding hydrogens is 778 g/mol. The summed E-state index contributed by atoms with van der Waals surface area (Å²) in [6.45, 7) is 15.7. The van der Waals surface area contributed by atoms with Gasteiger partial charge in [0, 0.05) is 32.7 Å². The fourth-order valence-electron chi connectivity index (χ4n) is 8.73.